The maximum Gasteiger partial charge on any atom is 0.697 e. The molecule has 0 amide bonds. The molecule has 114 valence electrons. The minimum Gasteiger partial charge on any atom is -0.396 e. The van der Waals surface area contributed by atoms with E-state index < -0.39 is 13.9 Å². The van der Waals surface area contributed by atoms with Crippen LogP contribution in [-0.4, -0.2) is 23.9 Å². The molecule has 19 heavy (non-hydrogen) atoms. The van der Waals surface area contributed by atoms with Crippen LogP contribution in [0.1, 0.15) is 72.1 Å². The number of hydrogen-bond acceptors (Lipinski definition) is 4. The third kappa shape index (κ3) is 15.9. The van der Waals surface area contributed by atoms with Crippen molar-refractivity contribution in [3.63, 3.8) is 0 Å². The van der Waals surface area contributed by atoms with Gasteiger partial charge in [0, 0.05) is 11.2 Å². The second-order valence-corrected chi connectivity index (χ2v) is 6.70. The van der Waals surface area contributed by atoms with Crippen LogP contribution in [-0.2, 0) is 13.6 Å². The van der Waals surface area contributed by atoms with Crippen LogP contribution in [0, 0.1) is 0 Å². The highest BCUT2D eigenvalue weighted by Crippen LogP contribution is 2.31. The van der Waals surface area contributed by atoms with Gasteiger partial charge in [-0.1, -0.05) is 38.5 Å². The molecule has 1 N–H and O–H groups in total. The third-order valence-electron chi connectivity index (χ3n) is 2.60. The van der Waals surface area contributed by atoms with Crippen LogP contribution in [0.3, 0.4) is 0 Å². The van der Waals surface area contributed by atoms with Gasteiger partial charge >= 0.3 is 8.25 Å². The fourth-order valence-corrected chi connectivity index (χ4v) is 2.44. The Morgan fingerprint density at radius 2 is 1.37 bits per heavy atom. The maximum atomic E-state index is 11.4. The first kappa shape index (κ1) is 19.0. The summed E-state index contributed by atoms with van der Waals surface area (Å²) in [5.74, 6) is 0. The predicted molar refractivity (Wildman–Crippen MR) is 78.4 cm³/mol. The van der Waals surface area contributed by atoms with Gasteiger partial charge in [-0.3, -0.25) is 0 Å². The summed E-state index contributed by atoms with van der Waals surface area (Å²) < 4.78 is 21.7. The minimum atomic E-state index is -1.98. The van der Waals surface area contributed by atoms with Crippen LogP contribution in [0.2, 0.25) is 0 Å². The zero-order chi connectivity index (χ0) is 14.6. The van der Waals surface area contributed by atoms with Crippen LogP contribution < -0.4 is 0 Å². The lowest BCUT2D eigenvalue weighted by atomic mass is 10.1. The Morgan fingerprint density at radius 1 is 0.895 bits per heavy atom. The van der Waals surface area contributed by atoms with E-state index >= 15 is 0 Å². The topological polar surface area (TPSA) is 55.8 Å². The van der Waals surface area contributed by atoms with E-state index in [9.17, 15) is 4.57 Å². The summed E-state index contributed by atoms with van der Waals surface area (Å²) in [6.45, 7) is 6.41. The van der Waals surface area contributed by atoms with Crippen molar-refractivity contribution in [2.75, 3.05) is 13.2 Å². The standard InChI is InChI=1S/C14H30O4P/c1-14(2,3)18-19(16)17-13-11-9-7-5-4-6-8-10-12-15/h15H,4-13H2,1-3H3/q+1. The molecule has 0 spiro atoms. The summed E-state index contributed by atoms with van der Waals surface area (Å²) in [6.07, 6.45) is 8.98. The Labute approximate surface area is 118 Å². The minimum absolute atomic E-state index is 0.312. The second-order valence-electron chi connectivity index (χ2n) is 5.81. The van der Waals surface area contributed by atoms with Gasteiger partial charge in [-0.15, -0.1) is 9.05 Å². The summed E-state index contributed by atoms with van der Waals surface area (Å²) in [7, 11) is -1.98. The first-order valence-electron chi connectivity index (χ1n) is 7.36. The summed E-state index contributed by atoms with van der Waals surface area (Å²) in [6, 6.07) is 0. The molecule has 0 fully saturated rings. The molecular weight excluding hydrogens is 263 g/mol. The molecule has 0 bridgehead atoms. The van der Waals surface area contributed by atoms with Crippen LogP contribution in [0.4, 0.5) is 0 Å². The summed E-state index contributed by atoms with van der Waals surface area (Å²) in [4.78, 5) is 0. The van der Waals surface area contributed by atoms with Gasteiger partial charge in [-0.25, -0.2) is 0 Å². The normalized spacial score (nSPS) is 12.7. The van der Waals surface area contributed by atoms with Crippen molar-refractivity contribution in [3.05, 3.63) is 0 Å². The van der Waals surface area contributed by atoms with E-state index in [0.29, 0.717) is 13.2 Å². The molecule has 1 unspecified atom stereocenters. The lowest BCUT2D eigenvalue weighted by molar-refractivity contribution is 0.107. The molecule has 0 saturated heterocycles. The van der Waals surface area contributed by atoms with Gasteiger partial charge in [0.05, 0.1) is 0 Å². The van der Waals surface area contributed by atoms with E-state index in [1.165, 1.54) is 25.7 Å². The van der Waals surface area contributed by atoms with E-state index in [0.717, 1.165) is 25.7 Å². The molecule has 5 heteroatoms. The Morgan fingerprint density at radius 3 is 1.84 bits per heavy atom. The molecule has 0 aliphatic rings. The molecular formula is C14H30O4P+. The van der Waals surface area contributed by atoms with E-state index in [1.54, 1.807) is 0 Å². The molecule has 0 aromatic heterocycles. The van der Waals surface area contributed by atoms with Crippen molar-refractivity contribution in [1.29, 1.82) is 0 Å². The molecule has 0 aliphatic heterocycles. The lowest BCUT2D eigenvalue weighted by Gasteiger charge is -2.07. The van der Waals surface area contributed by atoms with Gasteiger partial charge in [0.1, 0.15) is 12.2 Å². The van der Waals surface area contributed by atoms with Crippen molar-refractivity contribution in [2.45, 2.75) is 77.7 Å². The molecule has 0 radical (unpaired) electrons. The number of aliphatic hydroxyl groups excluding tert-OH is 1. The van der Waals surface area contributed by atoms with E-state index in [2.05, 4.69) is 0 Å². The van der Waals surface area contributed by atoms with Crippen LogP contribution in [0.15, 0.2) is 0 Å². The zero-order valence-corrected chi connectivity index (χ0v) is 13.6. The monoisotopic (exact) mass is 293 g/mol. The average Bonchev–Trinajstić information content (AvgIpc) is 2.29. The SMILES string of the molecule is CC(C)(C)O[P+](=O)OCCCCCCCCCCO. The van der Waals surface area contributed by atoms with Crippen molar-refractivity contribution >= 4 is 8.25 Å². The number of aliphatic hydroxyl groups is 1. The summed E-state index contributed by atoms with van der Waals surface area (Å²) >= 11 is 0. The van der Waals surface area contributed by atoms with Gasteiger partial charge in [0.25, 0.3) is 0 Å². The smallest absolute Gasteiger partial charge is 0.396 e. The second kappa shape index (κ2) is 11.8. The molecule has 0 saturated carbocycles. The van der Waals surface area contributed by atoms with Crippen molar-refractivity contribution < 1.29 is 18.7 Å². The van der Waals surface area contributed by atoms with Crippen molar-refractivity contribution in [3.8, 4) is 0 Å². The maximum absolute atomic E-state index is 11.4. The van der Waals surface area contributed by atoms with Crippen LogP contribution in [0.5, 0.6) is 0 Å². The summed E-state index contributed by atoms with van der Waals surface area (Å²) in [5.41, 5.74) is -0.415. The Bertz CT molecular complexity index is 226. The first-order valence-corrected chi connectivity index (χ1v) is 8.45. The Balaban J connectivity index is 3.21. The van der Waals surface area contributed by atoms with Crippen molar-refractivity contribution in [2.24, 2.45) is 0 Å². The number of rotatable bonds is 12. The van der Waals surface area contributed by atoms with Gasteiger partial charge in [0.15, 0.2) is 0 Å². The van der Waals surface area contributed by atoms with E-state index in [4.69, 9.17) is 14.2 Å². The third-order valence-corrected chi connectivity index (χ3v) is 3.69. The van der Waals surface area contributed by atoms with Crippen LogP contribution in [0.25, 0.3) is 0 Å². The quantitative estimate of drug-likeness (QED) is 0.422. The van der Waals surface area contributed by atoms with Gasteiger partial charge in [-0.05, 0) is 33.6 Å². The molecule has 0 aliphatic carbocycles. The Kier molecular flexibility index (Phi) is 11.8. The summed E-state index contributed by atoms with van der Waals surface area (Å²) in [5, 5.41) is 8.63. The fraction of sp³-hybridized carbons (Fsp3) is 1.00. The highest BCUT2D eigenvalue weighted by Gasteiger charge is 2.29. The van der Waals surface area contributed by atoms with E-state index in [1.807, 2.05) is 20.8 Å². The number of unbranched alkanes of at least 4 members (excludes halogenated alkanes) is 7. The molecule has 1 atom stereocenters. The average molecular weight is 293 g/mol. The van der Waals surface area contributed by atoms with Crippen LogP contribution >= 0.6 is 8.25 Å². The van der Waals surface area contributed by atoms with Gasteiger partial charge in [-0.2, -0.15) is 0 Å². The van der Waals surface area contributed by atoms with Crippen molar-refractivity contribution in [1.82, 2.24) is 0 Å². The van der Waals surface area contributed by atoms with Gasteiger partial charge in [0.2, 0.25) is 0 Å². The predicted octanol–water partition coefficient (Wildman–Crippen LogP) is 4.59. The highest BCUT2D eigenvalue weighted by atomic mass is 31.1. The molecule has 0 aromatic carbocycles. The Hall–Kier alpha value is -0.0200. The lowest BCUT2D eigenvalue weighted by Crippen LogP contribution is -2.15. The molecule has 0 aromatic rings. The zero-order valence-electron chi connectivity index (χ0n) is 12.7. The molecule has 0 rings (SSSR count). The molecule has 4 nitrogen and oxygen atoms in total. The fourth-order valence-electron chi connectivity index (χ4n) is 1.66. The highest BCUT2D eigenvalue weighted by molar-refractivity contribution is 7.33. The first-order chi connectivity index (χ1) is 8.95. The van der Waals surface area contributed by atoms with Gasteiger partial charge < -0.3 is 5.11 Å². The largest absolute Gasteiger partial charge is 0.697 e. The van der Waals surface area contributed by atoms with E-state index in [-0.39, 0.29) is 0 Å². The molecule has 0 heterocycles. The number of hydrogen-bond donors (Lipinski definition) is 1.